The quantitative estimate of drug-likeness (QED) is 0.616. The number of aliphatic hydroxyl groups is 2. The molecular formula is C14H31O3. The van der Waals surface area contributed by atoms with Crippen LogP contribution in [0, 0.1) is 6.92 Å². The Morgan fingerprint density at radius 1 is 1.06 bits per heavy atom. The summed E-state index contributed by atoms with van der Waals surface area (Å²) in [6.07, 6.45) is 5.98. The first kappa shape index (κ1) is 19.2. The monoisotopic (exact) mass is 247 g/mol. The minimum absolute atomic E-state index is 0.124. The predicted octanol–water partition coefficient (Wildman–Crippen LogP) is 2.95. The number of unbranched alkanes of at least 4 members (excludes halogenated alkanes) is 3. The van der Waals surface area contributed by atoms with Gasteiger partial charge in [0.1, 0.15) is 0 Å². The molecule has 0 aromatic heterocycles. The third-order valence-corrected chi connectivity index (χ3v) is 2.12. The van der Waals surface area contributed by atoms with Gasteiger partial charge in [-0.15, -0.1) is 0 Å². The van der Waals surface area contributed by atoms with Crippen molar-refractivity contribution in [2.45, 2.75) is 71.5 Å². The molecule has 3 heteroatoms. The first-order valence-corrected chi connectivity index (χ1v) is 6.77. The highest BCUT2D eigenvalue weighted by Crippen LogP contribution is 2.01. The highest BCUT2D eigenvalue weighted by Gasteiger charge is 1.93. The van der Waals surface area contributed by atoms with E-state index in [4.69, 9.17) is 14.9 Å². The van der Waals surface area contributed by atoms with Crippen molar-refractivity contribution < 1.29 is 14.9 Å². The maximum Gasteiger partial charge on any atom is 0.0745 e. The van der Waals surface area contributed by atoms with Gasteiger partial charge in [-0.3, -0.25) is 0 Å². The largest absolute Gasteiger partial charge is 0.393 e. The van der Waals surface area contributed by atoms with Gasteiger partial charge in [-0.25, -0.2) is 0 Å². The minimum Gasteiger partial charge on any atom is -0.393 e. The summed E-state index contributed by atoms with van der Waals surface area (Å²) in [5.41, 5.74) is 0. The fourth-order valence-electron chi connectivity index (χ4n) is 1.12. The SMILES string of the molecule is CCCCOCC(C)O.[CH2]CCCCC(C)O. The topological polar surface area (TPSA) is 49.7 Å². The summed E-state index contributed by atoms with van der Waals surface area (Å²) >= 11 is 0. The first-order valence-electron chi connectivity index (χ1n) is 6.77. The van der Waals surface area contributed by atoms with E-state index in [1.165, 1.54) is 0 Å². The summed E-state index contributed by atoms with van der Waals surface area (Å²) in [5, 5.41) is 17.5. The molecule has 0 spiro atoms. The van der Waals surface area contributed by atoms with Gasteiger partial charge in [0.05, 0.1) is 18.8 Å². The van der Waals surface area contributed by atoms with Crippen molar-refractivity contribution in [3.8, 4) is 0 Å². The molecule has 0 aromatic rings. The number of hydrogen-bond donors (Lipinski definition) is 2. The van der Waals surface area contributed by atoms with Gasteiger partial charge < -0.3 is 14.9 Å². The van der Waals surface area contributed by atoms with Crippen molar-refractivity contribution in [1.82, 2.24) is 0 Å². The molecule has 0 aliphatic carbocycles. The summed E-state index contributed by atoms with van der Waals surface area (Å²) in [7, 11) is 0. The van der Waals surface area contributed by atoms with E-state index in [9.17, 15) is 0 Å². The highest BCUT2D eigenvalue weighted by atomic mass is 16.5. The summed E-state index contributed by atoms with van der Waals surface area (Å²) < 4.78 is 5.09. The Labute approximate surface area is 107 Å². The van der Waals surface area contributed by atoms with E-state index in [0.717, 1.165) is 45.1 Å². The number of aliphatic hydroxyl groups excluding tert-OH is 2. The molecule has 105 valence electrons. The lowest BCUT2D eigenvalue weighted by Gasteiger charge is -2.03. The van der Waals surface area contributed by atoms with Crippen LogP contribution in [0.1, 0.15) is 59.3 Å². The molecule has 2 N–H and O–H groups in total. The fraction of sp³-hybridized carbons (Fsp3) is 0.929. The van der Waals surface area contributed by atoms with Crippen LogP contribution in [0.25, 0.3) is 0 Å². The second-order valence-electron chi connectivity index (χ2n) is 4.48. The predicted molar refractivity (Wildman–Crippen MR) is 72.9 cm³/mol. The van der Waals surface area contributed by atoms with Crippen molar-refractivity contribution in [2.75, 3.05) is 13.2 Å². The van der Waals surface area contributed by atoms with E-state index in [1.807, 2.05) is 6.92 Å². The van der Waals surface area contributed by atoms with E-state index < -0.39 is 0 Å². The highest BCUT2D eigenvalue weighted by molar-refractivity contribution is 4.48. The Balaban J connectivity index is 0. The molecule has 1 radical (unpaired) electrons. The lowest BCUT2D eigenvalue weighted by Crippen LogP contribution is -2.10. The van der Waals surface area contributed by atoms with Gasteiger partial charge in [0.15, 0.2) is 0 Å². The average molecular weight is 247 g/mol. The Bertz CT molecular complexity index is 125. The molecule has 0 aliphatic rings. The van der Waals surface area contributed by atoms with Crippen LogP contribution in [-0.4, -0.2) is 35.6 Å². The van der Waals surface area contributed by atoms with Crippen LogP contribution >= 0.6 is 0 Å². The normalized spacial score (nSPS) is 13.8. The Morgan fingerprint density at radius 2 is 1.71 bits per heavy atom. The Kier molecular flexibility index (Phi) is 18.0. The fourth-order valence-corrected chi connectivity index (χ4v) is 1.12. The molecule has 0 heterocycles. The maximum absolute atomic E-state index is 8.76. The molecule has 0 amide bonds. The van der Waals surface area contributed by atoms with E-state index in [1.54, 1.807) is 6.92 Å². The van der Waals surface area contributed by atoms with Crippen LogP contribution < -0.4 is 0 Å². The molecule has 17 heavy (non-hydrogen) atoms. The molecular weight excluding hydrogens is 216 g/mol. The number of rotatable bonds is 9. The van der Waals surface area contributed by atoms with E-state index in [-0.39, 0.29) is 12.2 Å². The minimum atomic E-state index is -0.318. The summed E-state index contributed by atoms with van der Waals surface area (Å²) in [6, 6.07) is 0. The number of hydrogen-bond acceptors (Lipinski definition) is 3. The van der Waals surface area contributed by atoms with Crippen molar-refractivity contribution in [3.63, 3.8) is 0 Å². The molecule has 0 saturated carbocycles. The standard InChI is InChI=1S/C7H16O2.C7H15O/c1-3-4-5-9-6-7(2)8;1-3-4-5-6-7(2)8/h7-8H,3-6H2,1-2H3;7-8H,1,3-6H2,2H3. The van der Waals surface area contributed by atoms with Crippen LogP contribution in [0.15, 0.2) is 0 Å². The third-order valence-electron chi connectivity index (χ3n) is 2.12. The molecule has 0 fully saturated rings. The van der Waals surface area contributed by atoms with Crippen molar-refractivity contribution in [1.29, 1.82) is 0 Å². The summed E-state index contributed by atoms with van der Waals surface area (Å²) in [6.45, 7) is 10.6. The first-order chi connectivity index (χ1) is 8.04. The number of ether oxygens (including phenoxy) is 1. The van der Waals surface area contributed by atoms with Crippen LogP contribution in [-0.2, 0) is 4.74 Å². The molecule has 0 saturated heterocycles. The van der Waals surface area contributed by atoms with Gasteiger partial charge in [0.2, 0.25) is 0 Å². The van der Waals surface area contributed by atoms with Crippen molar-refractivity contribution in [2.24, 2.45) is 0 Å². The molecule has 0 rings (SSSR count). The maximum atomic E-state index is 8.76. The average Bonchev–Trinajstić information content (AvgIpc) is 2.25. The van der Waals surface area contributed by atoms with E-state index in [0.29, 0.717) is 6.61 Å². The Hall–Kier alpha value is -0.120. The van der Waals surface area contributed by atoms with Gasteiger partial charge in [0, 0.05) is 6.61 Å². The van der Waals surface area contributed by atoms with Gasteiger partial charge in [-0.1, -0.05) is 39.5 Å². The second-order valence-corrected chi connectivity index (χ2v) is 4.48. The van der Waals surface area contributed by atoms with Crippen molar-refractivity contribution in [3.05, 3.63) is 6.92 Å². The second kappa shape index (κ2) is 15.9. The van der Waals surface area contributed by atoms with Gasteiger partial charge in [-0.05, 0) is 26.7 Å². The zero-order valence-corrected chi connectivity index (χ0v) is 11.8. The third kappa shape index (κ3) is 25.8. The molecule has 3 nitrogen and oxygen atoms in total. The van der Waals surface area contributed by atoms with Crippen LogP contribution in [0.3, 0.4) is 0 Å². The summed E-state index contributed by atoms with van der Waals surface area (Å²) in [4.78, 5) is 0. The van der Waals surface area contributed by atoms with Crippen LogP contribution in [0.5, 0.6) is 0 Å². The van der Waals surface area contributed by atoms with E-state index >= 15 is 0 Å². The van der Waals surface area contributed by atoms with E-state index in [2.05, 4.69) is 13.8 Å². The van der Waals surface area contributed by atoms with Gasteiger partial charge >= 0.3 is 0 Å². The van der Waals surface area contributed by atoms with Gasteiger partial charge in [0.25, 0.3) is 0 Å². The zero-order chi connectivity index (χ0) is 13.5. The van der Waals surface area contributed by atoms with Crippen LogP contribution in [0.4, 0.5) is 0 Å². The molecule has 0 bridgehead atoms. The van der Waals surface area contributed by atoms with Crippen LogP contribution in [0.2, 0.25) is 0 Å². The van der Waals surface area contributed by atoms with Crippen molar-refractivity contribution >= 4 is 0 Å². The van der Waals surface area contributed by atoms with Gasteiger partial charge in [-0.2, -0.15) is 0 Å². The lowest BCUT2D eigenvalue weighted by atomic mass is 10.1. The molecule has 2 atom stereocenters. The molecule has 2 unspecified atom stereocenters. The Morgan fingerprint density at radius 3 is 2.12 bits per heavy atom. The molecule has 0 aliphatic heterocycles. The summed E-state index contributed by atoms with van der Waals surface area (Å²) in [5.74, 6) is 0. The lowest BCUT2D eigenvalue weighted by molar-refractivity contribution is 0.0450. The molecule has 0 aromatic carbocycles. The smallest absolute Gasteiger partial charge is 0.0745 e. The zero-order valence-electron chi connectivity index (χ0n) is 11.8.